The summed E-state index contributed by atoms with van der Waals surface area (Å²) in [4.78, 5) is 2.03. The van der Waals surface area contributed by atoms with Crippen LogP contribution in [0.1, 0.15) is 19.4 Å². The Hall–Kier alpha value is -1.54. The third-order valence-corrected chi connectivity index (χ3v) is 2.56. The first kappa shape index (κ1) is 16.5. The summed E-state index contributed by atoms with van der Waals surface area (Å²) < 4.78 is 5.63. The van der Waals surface area contributed by atoms with Crippen LogP contribution < -0.4 is 4.74 Å². The van der Waals surface area contributed by atoms with Gasteiger partial charge in [-0.15, -0.1) is 0 Å². The van der Waals surface area contributed by atoms with E-state index in [1.54, 1.807) is 13.8 Å². The molecule has 0 unspecified atom stereocenters. The Labute approximate surface area is 121 Å². The van der Waals surface area contributed by atoms with Crippen molar-refractivity contribution in [2.24, 2.45) is 0 Å². The minimum atomic E-state index is -0.693. The molecule has 0 aliphatic carbocycles. The van der Waals surface area contributed by atoms with Gasteiger partial charge >= 0.3 is 0 Å². The van der Waals surface area contributed by atoms with Gasteiger partial charge in [-0.3, -0.25) is 0 Å². The third kappa shape index (κ3) is 7.15. The van der Waals surface area contributed by atoms with Gasteiger partial charge in [0.1, 0.15) is 19.0 Å². The van der Waals surface area contributed by atoms with E-state index in [-0.39, 0.29) is 6.61 Å². The van der Waals surface area contributed by atoms with Gasteiger partial charge < -0.3 is 19.8 Å². The molecule has 0 heterocycles. The lowest BCUT2D eigenvalue weighted by molar-refractivity contribution is 0.0411. The van der Waals surface area contributed by atoms with Crippen molar-refractivity contribution in [2.45, 2.75) is 19.4 Å². The molecule has 4 nitrogen and oxygen atoms in total. The maximum Gasteiger partial charge on any atom is 0.119 e. The average molecular weight is 277 g/mol. The quantitative estimate of drug-likeness (QED) is 0.765. The van der Waals surface area contributed by atoms with E-state index in [1.807, 2.05) is 36.2 Å². The van der Waals surface area contributed by atoms with Crippen molar-refractivity contribution < 1.29 is 14.9 Å². The van der Waals surface area contributed by atoms with Gasteiger partial charge in [-0.05, 0) is 45.2 Å². The fraction of sp³-hybridized carbons (Fsp3) is 0.500. The Morgan fingerprint density at radius 3 is 2.45 bits per heavy atom. The highest BCUT2D eigenvalue weighted by molar-refractivity contribution is 5.38. The molecule has 0 bridgehead atoms. The molecule has 0 aromatic heterocycles. The largest absolute Gasteiger partial charge is 0.492 e. The van der Waals surface area contributed by atoms with Crippen molar-refractivity contribution in [1.29, 1.82) is 0 Å². The number of nitrogens with zero attached hydrogens (tertiary/aromatic N) is 1. The fourth-order valence-corrected chi connectivity index (χ4v) is 1.84. The highest BCUT2D eigenvalue weighted by Gasteiger charge is 2.15. The zero-order valence-corrected chi connectivity index (χ0v) is 12.4. The molecule has 0 spiro atoms. The van der Waals surface area contributed by atoms with Gasteiger partial charge in [0.2, 0.25) is 0 Å². The molecule has 4 heteroatoms. The van der Waals surface area contributed by atoms with Crippen LogP contribution in [-0.4, -0.2) is 54.1 Å². The second kappa shape index (κ2) is 7.91. The normalized spacial score (nSPS) is 11.1. The maximum absolute atomic E-state index is 9.69. The smallest absolute Gasteiger partial charge is 0.119 e. The molecule has 0 radical (unpaired) electrons. The van der Waals surface area contributed by atoms with Crippen molar-refractivity contribution in [2.75, 3.05) is 33.4 Å². The first-order valence-corrected chi connectivity index (χ1v) is 6.64. The predicted octanol–water partition coefficient (Wildman–Crippen LogP) is 1.11. The average Bonchev–Trinajstić information content (AvgIpc) is 2.35. The van der Waals surface area contributed by atoms with E-state index in [9.17, 15) is 5.11 Å². The summed E-state index contributed by atoms with van der Waals surface area (Å²) in [6.07, 6.45) is 0. The van der Waals surface area contributed by atoms with Crippen molar-refractivity contribution in [3.05, 3.63) is 29.8 Å². The number of aliphatic hydroxyl groups excluding tert-OH is 1. The minimum Gasteiger partial charge on any atom is -0.492 e. The summed E-state index contributed by atoms with van der Waals surface area (Å²) in [5, 5.41) is 18.3. The molecule has 2 N–H and O–H groups in total. The first-order chi connectivity index (χ1) is 9.40. The van der Waals surface area contributed by atoms with E-state index in [1.165, 1.54) is 0 Å². The fourth-order valence-electron chi connectivity index (χ4n) is 1.84. The Bertz CT molecular complexity index is 451. The van der Waals surface area contributed by atoms with Crippen LogP contribution in [0.25, 0.3) is 0 Å². The van der Waals surface area contributed by atoms with Crippen LogP contribution in [0, 0.1) is 11.8 Å². The number of aliphatic hydroxyl groups is 2. The van der Waals surface area contributed by atoms with Crippen LogP contribution in [0.4, 0.5) is 0 Å². The molecular weight excluding hydrogens is 254 g/mol. The number of likely N-dealkylation sites (N-methyl/N-ethyl adjacent to an activating group) is 1. The van der Waals surface area contributed by atoms with E-state index in [4.69, 9.17) is 9.84 Å². The van der Waals surface area contributed by atoms with Gasteiger partial charge in [0, 0.05) is 18.7 Å². The molecule has 0 aliphatic rings. The standard InChI is InChI=1S/C16H23NO3/c1-16(2,19)13-17(3)10-12-20-15-8-6-14(7-9-15)5-4-11-18/h6-9,18-19H,10-13H2,1-3H3. The van der Waals surface area contributed by atoms with Gasteiger partial charge in [-0.2, -0.15) is 0 Å². The molecule has 110 valence electrons. The van der Waals surface area contributed by atoms with E-state index in [0.717, 1.165) is 17.9 Å². The van der Waals surface area contributed by atoms with Gasteiger partial charge in [-0.1, -0.05) is 11.8 Å². The summed E-state index contributed by atoms with van der Waals surface area (Å²) in [6.45, 7) is 5.36. The Morgan fingerprint density at radius 2 is 1.90 bits per heavy atom. The molecule has 1 aromatic carbocycles. The van der Waals surface area contributed by atoms with E-state index in [0.29, 0.717) is 13.2 Å². The lowest BCUT2D eigenvalue weighted by Gasteiger charge is -2.25. The maximum atomic E-state index is 9.69. The Balaban J connectivity index is 2.35. The molecule has 20 heavy (non-hydrogen) atoms. The van der Waals surface area contributed by atoms with Crippen molar-refractivity contribution in [3.8, 4) is 17.6 Å². The molecular formula is C16H23NO3. The predicted molar refractivity (Wildman–Crippen MR) is 79.7 cm³/mol. The lowest BCUT2D eigenvalue weighted by Crippen LogP contribution is -2.38. The summed E-state index contributed by atoms with van der Waals surface area (Å²) in [5.41, 5.74) is 0.160. The summed E-state index contributed by atoms with van der Waals surface area (Å²) >= 11 is 0. The van der Waals surface area contributed by atoms with Crippen LogP contribution in [-0.2, 0) is 0 Å². The van der Waals surface area contributed by atoms with Crippen LogP contribution in [0.2, 0.25) is 0 Å². The molecule has 0 amide bonds. The molecule has 0 aliphatic heterocycles. The number of rotatable bonds is 6. The van der Waals surface area contributed by atoms with E-state index >= 15 is 0 Å². The van der Waals surface area contributed by atoms with Crippen LogP contribution >= 0.6 is 0 Å². The summed E-state index contributed by atoms with van der Waals surface area (Å²) in [5.74, 6) is 6.22. The number of hydrogen-bond donors (Lipinski definition) is 2. The van der Waals surface area contributed by atoms with Crippen LogP contribution in [0.15, 0.2) is 24.3 Å². The molecule has 0 fully saturated rings. The zero-order valence-electron chi connectivity index (χ0n) is 12.4. The van der Waals surface area contributed by atoms with Gasteiger partial charge in [-0.25, -0.2) is 0 Å². The number of hydrogen-bond acceptors (Lipinski definition) is 4. The minimum absolute atomic E-state index is 0.133. The SMILES string of the molecule is CN(CCOc1ccc(C#CCO)cc1)CC(C)(C)O. The molecule has 0 saturated heterocycles. The zero-order chi connectivity index (χ0) is 15.0. The monoisotopic (exact) mass is 277 g/mol. The number of benzene rings is 1. The first-order valence-electron chi connectivity index (χ1n) is 6.64. The van der Waals surface area contributed by atoms with Gasteiger partial charge in [0.05, 0.1) is 5.60 Å². The van der Waals surface area contributed by atoms with Gasteiger partial charge in [0.25, 0.3) is 0 Å². The summed E-state index contributed by atoms with van der Waals surface area (Å²) in [7, 11) is 1.95. The molecule has 1 rings (SSSR count). The molecule has 0 atom stereocenters. The second-order valence-electron chi connectivity index (χ2n) is 5.38. The topological polar surface area (TPSA) is 52.9 Å². The highest BCUT2D eigenvalue weighted by Crippen LogP contribution is 2.11. The van der Waals surface area contributed by atoms with Gasteiger partial charge in [0.15, 0.2) is 0 Å². The van der Waals surface area contributed by atoms with Crippen LogP contribution in [0.3, 0.4) is 0 Å². The van der Waals surface area contributed by atoms with E-state index < -0.39 is 5.60 Å². The van der Waals surface area contributed by atoms with Crippen molar-refractivity contribution >= 4 is 0 Å². The van der Waals surface area contributed by atoms with E-state index in [2.05, 4.69) is 11.8 Å². The van der Waals surface area contributed by atoms with Crippen molar-refractivity contribution in [3.63, 3.8) is 0 Å². The lowest BCUT2D eigenvalue weighted by atomic mass is 10.1. The molecule has 0 saturated carbocycles. The molecule has 1 aromatic rings. The highest BCUT2D eigenvalue weighted by atomic mass is 16.5. The third-order valence-electron chi connectivity index (χ3n) is 2.56. The van der Waals surface area contributed by atoms with Crippen molar-refractivity contribution in [1.82, 2.24) is 4.90 Å². The second-order valence-corrected chi connectivity index (χ2v) is 5.38. The Kier molecular flexibility index (Phi) is 6.53. The Morgan fingerprint density at radius 1 is 1.25 bits per heavy atom. The number of ether oxygens (including phenoxy) is 1. The summed E-state index contributed by atoms with van der Waals surface area (Å²) in [6, 6.07) is 7.44. The van der Waals surface area contributed by atoms with Crippen LogP contribution in [0.5, 0.6) is 5.75 Å².